The van der Waals surface area contributed by atoms with E-state index in [0.717, 1.165) is 62.7 Å². The minimum Gasteiger partial charge on any atom is -0.441 e. The number of nitrogens with one attached hydrogen (secondary N) is 2. The number of oxazole rings is 1. The van der Waals surface area contributed by atoms with E-state index in [1.807, 2.05) is 18.2 Å². The SMILES string of the molecule is CCS(=N)(=O)c1ccc(C(=O)NC2CCC3(CC2)CCN(c2nc4cc(Cl)ccc4o2)CC3)o1. The van der Waals surface area contributed by atoms with Crippen molar-refractivity contribution in [2.24, 2.45) is 5.41 Å². The molecule has 1 aliphatic carbocycles. The number of carbonyl (C=O) groups is 1. The lowest BCUT2D eigenvalue weighted by Crippen LogP contribution is -2.45. The molecule has 8 nitrogen and oxygen atoms in total. The quantitative estimate of drug-likeness (QED) is 0.477. The number of piperidine rings is 1. The summed E-state index contributed by atoms with van der Waals surface area (Å²) in [7, 11) is -2.96. The largest absolute Gasteiger partial charge is 0.441 e. The number of carbonyl (C=O) groups excluding carboxylic acids is 1. The molecule has 1 aliphatic heterocycles. The Morgan fingerprint density at radius 3 is 2.65 bits per heavy atom. The molecule has 1 spiro atoms. The van der Waals surface area contributed by atoms with E-state index in [2.05, 4.69) is 15.2 Å². The minimum absolute atomic E-state index is 0.0662. The van der Waals surface area contributed by atoms with Gasteiger partial charge in [-0.1, -0.05) is 18.5 Å². The predicted molar refractivity (Wildman–Crippen MR) is 131 cm³/mol. The Labute approximate surface area is 204 Å². The van der Waals surface area contributed by atoms with Crippen LogP contribution >= 0.6 is 11.6 Å². The van der Waals surface area contributed by atoms with Crippen LogP contribution in [0.5, 0.6) is 0 Å². The summed E-state index contributed by atoms with van der Waals surface area (Å²) in [5, 5.41) is 3.78. The summed E-state index contributed by atoms with van der Waals surface area (Å²) < 4.78 is 31.3. The number of hydrogen-bond donors (Lipinski definition) is 2. The van der Waals surface area contributed by atoms with E-state index in [9.17, 15) is 9.00 Å². The van der Waals surface area contributed by atoms with Gasteiger partial charge in [-0.15, -0.1) is 0 Å². The molecule has 1 aromatic carbocycles. The molecule has 1 saturated heterocycles. The van der Waals surface area contributed by atoms with Crippen LogP contribution in [-0.2, 0) is 9.73 Å². The first-order valence-corrected chi connectivity index (χ1v) is 13.9. The molecule has 1 amide bonds. The van der Waals surface area contributed by atoms with Crippen LogP contribution in [0.15, 0.2) is 44.3 Å². The van der Waals surface area contributed by atoms with Crippen LogP contribution in [-0.4, -0.2) is 40.0 Å². The fourth-order valence-corrected chi connectivity index (χ4v) is 6.05. The molecule has 34 heavy (non-hydrogen) atoms. The fraction of sp³-hybridized carbons (Fsp3) is 0.500. The third kappa shape index (κ3) is 4.55. The summed E-state index contributed by atoms with van der Waals surface area (Å²) in [6, 6.07) is 9.22. The Morgan fingerprint density at radius 1 is 1.21 bits per heavy atom. The van der Waals surface area contributed by atoms with E-state index < -0.39 is 9.73 Å². The van der Waals surface area contributed by atoms with Gasteiger partial charge in [-0.2, -0.15) is 4.98 Å². The number of halogens is 1. The lowest BCUT2D eigenvalue weighted by Gasteiger charge is -2.45. The second kappa shape index (κ2) is 8.92. The maximum atomic E-state index is 12.6. The fourth-order valence-electron chi connectivity index (χ4n) is 5.09. The molecular weight excluding hydrogens is 476 g/mol. The van der Waals surface area contributed by atoms with Gasteiger partial charge in [0.2, 0.25) is 0 Å². The molecule has 2 aromatic heterocycles. The summed E-state index contributed by atoms with van der Waals surface area (Å²) in [5.41, 5.74) is 1.82. The van der Waals surface area contributed by atoms with Gasteiger partial charge < -0.3 is 19.1 Å². The molecule has 2 aliphatic rings. The number of furan rings is 1. The number of aromatic nitrogens is 1. The molecule has 5 rings (SSSR count). The molecule has 10 heteroatoms. The summed E-state index contributed by atoms with van der Waals surface area (Å²) in [6.07, 6.45) is 6.12. The Hall–Kier alpha value is -2.52. The maximum Gasteiger partial charge on any atom is 0.298 e. The zero-order valence-corrected chi connectivity index (χ0v) is 20.7. The lowest BCUT2D eigenvalue weighted by atomic mass is 9.67. The standard InChI is InChI=1S/C24H29ClN4O4S/c1-2-34(26,31)21-6-5-20(32-21)22(30)27-17-7-9-24(10-8-17)11-13-29(14-12-24)23-28-18-15-16(25)3-4-19(18)33-23/h3-6,15,17,26H,2,7-14H2,1H3,(H,27,30). The first kappa shape index (κ1) is 23.2. The topological polar surface area (TPSA) is 112 Å². The van der Waals surface area contributed by atoms with Crippen LogP contribution in [0.4, 0.5) is 6.01 Å². The Kier molecular flexibility index (Phi) is 6.10. The van der Waals surface area contributed by atoms with Crippen molar-refractivity contribution in [2.45, 2.75) is 56.6 Å². The van der Waals surface area contributed by atoms with Gasteiger partial charge in [-0.25, -0.2) is 8.99 Å². The van der Waals surface area contributed by atoms with E-state index in [4.69, 9.17) is 25.2 Å². The molecule has 182 valence electrons. The molecule has 1 saturated carbocycles. The van der Waals surface area contributed by atoms with Gasteiger partial charge in [0, 0.05) is 29.9 Å². The summed E-state index contributed by atoms with van der Waals surface area (Å²) in [5.74, 6) is -0.0224. The van der Waals surface area contributed by atoms with Crippen LogP contribution in [0.2, 0.25) is 5.02 Å². The number of fused-ring (bicyclic) bond motifs is 1. The van der Waals surface area contributed by atoms with Crippen molar-refractivity contribution in [1.29, 1.82) is 4.78 Å². The van der Waals surface area contributed by atoms with Crippen LogP contribution < -0.4 is 10.2 Å². The zero-order chi connectivity index (χ0) is 23.9. The molecule has 0 radical (unpaired) electrons. The highest BCUT2D eigenvalue weighted by atomic mass is 35.5. The number of anilines is 1. The van der Waals surface area contributed by atoms with Crippen LogP contribution in [0.1, 0.15) is 56.0 Å². The van der Waals surface area contributed by atoms with Crippen molar-refractivity contribution >= 4 is 44.4 Å². The summed E-state index contributed by atoms with van der Waals surface area (Å²) >= 11 is 6.07. The maximum absolute atomic E-state index is 12.6. The molecule has 2 N–H and O–H groups in total. The van der Waals surface area contributed by atoms with E-state index in [1.54, 1.807) is 6.92 Å². The third-order valence-corrected chi connectivity index (χ3v) is 9.27. The van der Waals surface area contributed by atoms with Gasteiger partial charge in [-0.3, -0.25) is 4.79 Å². The smallest absolute Gasteiger partial charge is 0.298 e. The molecule has 3 aromatic rings. The average molecular weight is 505 g/mol. The minimum atomic E-state index is -2.96. The van der Waals surface area contributed by atoms with Crippen LogP contribution in [0, 0.1) is 10.2 Å². The number of benzene rings is 1. The van der Waals surface area contributed by atoms with E-state index in [-0.39, 0.29) is 28.6 Å². The molecule has 0 bridgehead atoms. The monoisotopic (exact) mass is 504 g/mol. The van der Waals surface area contributed by atoms with E-state index in [1.165, 1.54) is 12.1 Å². The second-order valence-corrected chi connectivity index (χ2v) is 12.2. The molecule has 1 atom stereocenters. The first-order valence-electron chi connectivity index (χ1n) is 11.8. The van der Waals surface area contributed by atoms with Crippen LogP contribution in [0.3, 0.4) is 0 Å². The third-order valence-electron chi connectivity index (χ3n) is 7.35. The lowest BCUT2D eigenvalue weighted by molar-refractivity contribution is 0.0835. The highest BCUT2D eigenvalue weighted by Gasteiger charge is 2.39. The molecule has 1 unspecified atom stereocenters. The molecular formula is C24H29ClN4O4S. The van der Waals surface area contributed by atoms with Crippen molar-refractivity contribution in [1.82, 2.24) is 10.3 Å². The van der Waals surface area contributed by atoms with Gasteiger partial charge in [0.1, 0.15) is 15.2 Å². The van der Waals surface area contributed by atoms with Crippen molar-refractivity contribution in [3.63, 3.8) is 0 Å². The predicted octanol–water partition coefficient (Wildman–Crippen LogP) is 5.46. The second-order valence-electron chi connectivity index (χ2n) is 9.43. The van der Waals surface area contributed by atoms with Gasteiger partial charge in [-0.05, 0) is 74.3 Å². The van der Waals surface area contributed by atoms with Gasteiger partial charge in [0.05, 0.1) is 0 Å². The normalized spacial score (nSPS) is 20.5. The van der Waals surface area contributed by atoms with Crippen molar-refractivity contribution < 1.29 is 17.8 Å². The van der Waals surface area contributed by atoms with Gasteiger partial charge in [0.15, 0.2) is 16.4 Å². The highest BCUT2D eigenvalue weighted by molar-refractivity contribution is 7.92. The average Bonchev–Trinajstić information content (AvgIpc) is 3.49. The van der Waals surface area contributed by atoms with Crippen molar-refractivity contribution in [3.8, 4) is 0 Å². The van der Waals surface area contributed by atoms with Gasteiger partial charge >= 0.3 is 0 Å². The number of rotatable bonds is 5. The number of hydrogen-bond acceptors (Lipinski definition) is 7. The number of nitrogens with zero attached hydrogens (tertiary/aromatic N) is 2. The van der Waals surface area contributed by atoms with Crippen molar-refractivity contribution in [3.05, 3.63) is 41.1 Å². The first-order chi connectivity index (χ1) is 16.3. The van der Waals surface area contributed by atoms with E-state index in [0.29, 0.717) is 16.5 Å². The Morgan fingerprint density at radius 2 is 1.94 bits per heavy atom. The Bertz CT molecular complexity index is 1300. The van der Waals surface area contributed by atoms with Gasteiger partial charge in [0.25, 0.3) is 11.9 Å². The molecule has 2 fully saturated rings. The molecule has 3 heterocycles. The van der Waals surface area contributed by atoms with E-state index >= 15 is 0 Å². The summed E-state index contributed by atoms with van der Waals surface area (Å²) in [4.78, 5) is 19.4. The van der Waals surface area contributed by atoms with Crippen molar-refractivity contribution in [2.75, 3.05) is 23.7 Å². The number of amides is 1. The summed E-state index contributed by atoms with van der Waals surface area (Å²) in [6.45, 7) is 3.47. The van der Waals surface area contributed by atoms with Crippen LogP contribution in [0.25, 0.3) is 11.1 Å². The highest BCUT2D eigenvalue weighted by Crippen LogP contribution is 2.45. The zero-order valence-electron chi connectivity index (χ0n) is 19.1. The Balaban J connectivity index is 1.14.